The highest BCUT2D eigenvalue weighted by Gasteiger charge is 2.19. The highest BCUT2D eigenvalue weighted by atomic mass is 35.5. The second-order valence-electron chi connectivity index (χ2n) is 7.01. The molecule has 0 bridgehead atoms. The maximum Gasteiger partial charge on any atom is 0.276 e. The number of hydrogen-bond acceptors (Lipinski definition) is 8. The van der Waals surface area contributed by atoms with Crippen molar-refractivity contribution in [2.45, 2.75) is 6.42 Å². The molecule has 0 atom stereocenters. The van der Waals surface area contributed by atoms with Crippen LogP contribution in [0.15, 0.2) is 30.3 Å². The fraction of sp³-hybridized carbons (Fsp3) is 0.400. The van der Waals surface area contributed by atoms with Crippen LogP contribution in [-0.4, -0.2) is 65.5 Å². The Morgan fingerprint density at radius 2 is 1.73 bits per heavy atom. The number of likely N-dealkylation sites (N-methyl/N-ethyl adjacent to an activating group) is 1. The van der Waals surface area contributed by atoms with Gasteiger partial charge in [-0.25, -0.2) is 8.42 Å². The average molecular weight is 524 g/mol. The number of ether oxygens (including phenoxy) is 3. The Kier molecular flexibility index (Phi) is 11.0. The molecule has 0 aliphatic rings. The van der Waals surface area contributed by atoms with Gasteiger partial charge in [0.15, 0.2) is 11.5 Å². The van der Waals surface area contributed by atoms with Crippen molar-refractivity contribution in [3.05, 3.63) is 51.0 Å². The third kappa shape index (κ3) is 8.77. The van der Waals surface area contributed by atoms with Crippen LogP contribution >= 0.6 is 24.0 Å². The fourth-order valence-corrected chi connectivity index (χ4v) is 3.70. The second kappa shape index (κ2) is 12.7. The monoisotopic (exact) mass is 523 g/mol. The number of benzene rings is 2. The topological polar surface area (TPSA) is 120 Å². The normalized spacial score (nSPS) is 11.0. The number of nitro benzene ring substituents is 1. The van der Waals surface area contributed by atoms with Gasteiger partial charge in [-0.15, -0.1) is 12.4 Å². The minimum Gasteiger partial charge on any atom is -0.493 e. The van der Waals surface area contributed by atoms with Crippen LogP contribution in [0.1, 0.15) is 5.56 Å². The molecule has 0 unspecified atom stereocenters. The number of nitrogens with zero attached hydrogens (tertiary/aromatic N) is 2. The van der Waals surface area contributed by atoms with E-state index in [1.165, 1.54) is 26.4 Å². The quantitative estimate of drug-likeness (QED) is 0.330. The molecule has 0 fully saturated rings. The maximum atomic E-state index is 11.4. The first-order valence-electron chi connectivity index (χ1n) is 9.52. The summed E-state index contributed by atoms with van der Waals surface area (Å²) in [5.74, 6) is 1.16. The van der Waals surface area contributed by atoms with Gasteiger partial charge in [0.05, 0.1) is 42.2 Å². The molecule has 2 rings (SSSR count). The number of rotatable bonds is 12. The lowest BCUT2D eigenvalue weighted by atomic mass is 10.1. The highest BCUT2D eigenvalue weighted by Crippen LogP contribution is 2.34. The van der Waals surface area contributed by atoms with Crippen LogP contribution in [0.3, 0.4) is 0 Å². The van der Waals surface area contributed by atoms with E-state index < -0.39 is 14.9 Å². The summed E-state index contributed by atoms with van der Waals surface area (Å²) in [5.41, 5.74) is 0.859. The van der Waals surface area contributed by atoms with Gasteiger partial charge >= 0.3 is 0 Å². The van der Waals surface area contributed by atoms with Crippen molar-refractivity contribution in [2.75, 3.05) is 51.9 Å². The van der Waals surface area contributed by atoms with Crippen molar-refractivity contribution in [1.82, 2.24) is 4.90 Å². The molecule has 0 aliphatic heterocycles. The molecular formula is C20H27Cl2N3O7S. The SMILES string of the molecule is COc1cc(CCN(C)CCOc2ccc(NS(C)(=O)=O)cc2Cl)c([N+](=O)[O-])cc1OC.Cl. The van der Waals surface area contributed by atoms with Crippen molar-refractivity contribution in [3.63, 3.8) is 0 Å². The van der Waals surface area contributed by atoms with Crippen LogP contribution in [0, 0.1) is 10.1 Å². The summed E-state index contributed by atoms with van der Waals surface area (Å²) in [4.78, 5) is 12.9. The molecule has 184 valence electrons. The summed E-state index contributed by atoms with van der Waals surface area (Å²) in [6.45, 7) is 1.41. The van der Waals surface area contributed by atoms with Gasteiger partial charge in [-0.3, -0.25) is 14.8 Å². The van der Waals surface area contributed by atoms with E-state index in [9.17, 15) is 18.5 Å². The number of sulfonamides is 1. The Morgan fingerprint density at radius 1 is 1.09 bits per heavy atom. The van der Waals surface area contributed by atoms with E-state index in [-0.39, 0.29) is 23.1 Å². The summed E-state index contributed by atoms with van der Waals surface area (Å²) in [6, 6.07) is 7.59. The molecule has 0 saturated carbocycles. The van der Waals surface area contributed by atoms with E-state index >= 15 is 0 Å². The maximum absolute atomic E-state index is 11.4. The van der Waals surface area contributed by atoms with Crippen LogP contribution < -0.4 is 18.9 Å². The van der Waals surface area contributed by atoms with Crippen LogP contribution in [0.5, 0.6) is 17.2 Å². The molecule has 13 heteroatoms. The van der Waals surface area contributed by atoms with Crippen molar-refractivity contribution in [3.8, 4) is 17.2 Å². The Labute approximate surface area is 204 Å². The van der Waals surface area contributed by atoms with E-state index in [0.717, 1.165) is 6.26 Å². The smallest absolute Gasteiger partial charge is 0.276 e. The van der Waals surface area contributed by atoms with Gasteiger partial charge in [-0.2, -0.15) is 0 Å². The summed E-state index contributed by atoms with van der Waals surface area (Å²) in [7, 11) is 1.38. The first-order chi connectivity index (χ1) is 15.0. The third-order valence-electron chi connectivity index (χ3n) is 4.51. The Morgan fingerprint density at radius 3 is 2.27 bits per heavy atom. The van der Waals surface area contributed by atoms with E-state index in [4.69, 9.17) is 25.8 Å². The van der Waals surface area contributed by atoms with Gasteiger partial charge in [0.1, 0.15) is 12.4 Å². The number of hydrogen-bond donors (Lipinski definition) is 1. The van der Waals surface area contributed by atoms with Gasteiger partial charge in [0.2, 0.25) is 10.0 Å². The van der Waals surface area contributed by atoms with Gasteiger partial charge in [-0.05, 0) is 37.7 Å². The largest absolute Gasteiger partial charge is 0.493 e. The summed E-state index contributed by atoms with van der Waals surface area (Å²) in [5, 5.41) is 11.7. The lowest BCUT2D eigenvalue weighted by molar-refractivity contribution is -0.385. The van der Waals surface area contributed by atoms with Crippen molar-refractivity contribution >= 4 is 45.4 Å². The molecule has 2 aromatic carbocycles. The van der Waals surface area contributed by atoms with E-state index in [0.29, 0.717) is 54.6 Å². The zero-order valence-electron chi connectivity index (χ0n) is 18.7. The average Bonchev–Trinajstić information content (AvgIpc) is 2.71. The fourth-order valence-electron chi connectivity index (χ4n) is 2.91. The molecule has 0 spiro atoms. The molecule has 0 amide bonds. The molecule has 0 aromatic heterocycles. The number of methoxy groups -OCH3 is 2. The molecule has 1 N–H and O–H groups in total. The lowest BCUT2D eigenvalue weighted by Crippen LogP contribution is -2.26. The van der Waals surface area contributed by atoms with E-state index in [2.05, 4.69) is 4.72 Å². The molecule has 0 saturated heterocycles. The van der Waals surface area contributed by atoms with Gasteiger partial charge in [0.25, 0.3) is 5.69 Å². The minimum atomic E-state index is -3.39. The molecule has 0 radical (unpaired) electrons. The lowest BCUT2D eigenvalue weighted by Gasteiger charge is -2.18. The molecule has 10 nitrogen and oxygen atoms in total. The Hall–Kier alpha value is -2.47. The van der Waals surface area contributed by atoms with E-state index in [1.807, 2.05) is 11.9 Å². The van der Waals surface area contributed by atoms with E-state index in [1.54, 1.807) is 18.2 Å². The summed E-state index contributed by atoms with van der Waals surface area (Å²) in [6.07, 6.45) is 1.48. The minimum absolute atomic E-state index is 0. The molecular weight excluding hydrogens is 497 g/mol. The predicted octanol–water partition coefficient (Wildman–Crippen LogP) is 3.61. The molecule has 0 aliphatic carbocycles. The molecule has 33 heavy (non-hydrogen) atoms. The Balaban J connectivity index is 0.00000544. The number of halogens is 2. The first-order valence-corrected chi connectivity index (χ1v) is 11.8. The summed E-state index contributed by atoms with van der Waals surface area (Å²) >= 11 is 6.16. The molecule has 0 heterocycles. The van der Waals surface area contributed by atoms with Gasteiger partial charge in [0, 0.05) is 18.7 Å². The van der Waals surface area contributed by atoms with Crippen LogP contribution in [0.25, 0.3) is 0 Å². The zero-order chi connectivity index (χ0) is 23.9. The van der Waals surface area contributed by atoms with Crippen LogP contribution in [-0.2, 0) is 16.4 Å². The van der Waals surface area contributed by atoms with Gasteiger partial charge in [-0.1, -0.05) is 11.6 Å². The Bertz CT molecular complexity index is 1070. The van der Waals surface area contributed by atoms with Crippen molar-refractivity contribution < 1.29 is 27.6 Å². The van der Waals surface area contributed by atoms with Crippen LogP contribution in [0.2, 0.25) is 5.02 Å². The van der Waals surface area contributed by atoms with Crippen molar-refractivity contribution in [2.24, 2.45) is 0 Å². The third-order valence-corrected chi connectivity index (χ3v) is 5.41. The van der Waals surface area contributed by atoms with Crippen LogP contribution in [0.4, 0.5) is 11.4 Å². The first kappa shape index (κ1) is 28.6. The zero-order valence-corrected chi connectivity index (χ0v) is 21.1. The predicted molar refractivity (Wildman–Crippen MR) is 130 cm³/mol. The number of anilines is 1. The second-order valence-corrected chi connectivity index (χ2v) is 9.17. The highest BCUT2D eigenvalue weighted by molar-refractivity contribution is 7.92. The number of nitrogens with one attached hydrogen (secondary N) is 1. The summed E-state index contributed by atoms with van der Waals surface area (Å²) < 4.78 is 41.0. The van der Waals surface area contributed by atoms with Crippen molar-refractivity contribution in [1.29, 1.82) is 0 Å². The van der Waals surface area contributed by atoms with Gasteiger partial charge < -0.3 is 19.1 Å². The molecule has 2 aromatic rings. The number of nitro groups is 1. The standard InChI is InChI=1S/C20H26ClN3O7S.ClH/c1-23(8-7-14-11-19(29-2)20(30-3)13-17(14)24(25)26)9-10-31-18-6-5-15(12-16(18)21)22-32(4,27)28;/h5-6,11-13,22H,7-10H2,1-4H3;1H.